The molecule has 4 nitrogen and oxygen atoms in total. The second-order valence-corrected chi connectivity index (χ2v) is 4.91. The van der Waals surface area contributed by atoms with E-state index in [4.69, 9.17) is 23.2 Å². The molecular formula is C12H12Cl2N4. The molecular weight excluding hydrogens is 271 g/mol. The summed E-state index contributed by atoms with van der Waals surface area (Å²) >= 11 is 12.2. The van der Waals surface area contributed by atoms with Gasteiger partial charge in [-0.1, -0.05) is 17.7 Å². The van der Waals surface area contributed by atoms with Crippen LogP contribution < -0.4 is 4.90 Å². The van der Waals surface area contributed by atoms with Crippen molar-refractivity contribution < 1.29 is 0 Å². The minimum Gasteiger partial charge on any atom is -0.362 e. The third-order valence-electron chi connectivity index (χ3n) is 3.21. The van der Waals surface area contributed by atoms with Crippen LogP contribution in [0.25, 0.3) is 0 Å². The lowest BCUT2D eigenvalue weighted by molar-refractivity contribution is 0.559. The second kappa shape index (κ2) is 4.78. The molecule has 1 aromatic heterocycles. The SMILES string of the molecule is ClCc1c(Cl)cccc1N1CCn2cnnc2C1. The maximum Gasteiger partial charge on any atom is 0.152 e. The van der Waals surface area contributed by atoms with E-state index in [0.29, 0.717) is 5.88 Å². The predicted molar refractivity (Wildman–Crippen MR) is 72.1 cm³/mol. The minimum atomic E-state index is 0.415. The molecule has 1 aliphatic rings. The predicted octanol–water partition coefficient (Wildman–Crippen LogP) is 2.69. The van der Waals surface area contributed by atoms with Gasteiger partial charge in [0.25, 0.3) is 0 Å². The van der Waals surface area contributed by atoms with Crippen molar-refractivity contribution in [2.45, 2.75) is 19.0 Å². The first kappa shape index (κ1) is 11.8. The van der Waals surface area contributed by atoms with Crippen molar-refractivity contribution in [3.8, 4) is 0 Å². The normalized spacial score (nSPS) is 14.7. The molecule has 0 bridgehead atoms. The number of hydrogen-bond donors (Lipinski definition) is 0. The Bertz CT molecular complexity index is 567. The largest absolute Gasteiger partial charge is 0.362 e. The van der Waals surface area contributed by atoms with Crippen molar-refractivity contribution in [3.05, 3.63) is 40.9 Å². The Kier molecular flexibility index (Phi) is 3.14. The third kappa shape index (κ3) is 1.95. The summed E-state index contributed by atoms with van der Waals surface area (Å²) in [5, 5.41) is 8.76. The maximum absolute atomic E-state index is 6.18. The minimum absolute atomic E-state index is 0.415. The monoisotopic (exact) mass is 282 g/mol. The average Bonchev–Trinajstić information content (AvgIpc) is 2.85. The van der Waals surface area contributed by atoms with Gasteiger partial charge < -0.3 is 9.47 Å². The van der Waals surface area contributed by atoms with E-state index in [0.717, 1.165) is 41.7 Å². The van der Waals surface area contributed by atoms with Gasteiger partial charge in [-0.3, -0.25) is 0 Å². The number of aromatic nitrogens is 3. The van der Waals surface area contributed by atoms with Crippen molar-refractivity contribution in [2.24, 2.45) is 0 Å². The number of halogens is 2. The van der Waals surface area contributed by atoms with Gasteiger partial charge in [0.2, 0.25) is 0 Å². The molecule has 1 aromatic carbocycles. The zero-order valence-electron chi connectivity index (χ0n) is 9.68. The zero-order chi connectivity index (χ0) is 12.5. The van der Waals surface area contributed by atoms with E-state index in [1.54, 1.807) is 6.33 Å². The lowest BCUT2D eigenvalue weighted by Crippen LogP contribution is -2.34. The van der Waals surface area contributed by atoms with Gasteiger partial charge in [-0.25, -0.2) is 0 Å². The van der Waals surface area contributed by atoms with E-state index in [9.17, 15) is 0 Å². The summed E-state index contributed by atoms with van der Waals surface area (Å²) in [5.41, 5.74) is 2.07. The Hall–Kier alpha value is -1.26. The first-order valence-corrected chi connectivity index (χ1v) is 6.66. The smallest absolute Gasteiger partial charge is 0.152 e. The van der Waals surface area contributed by atoms with Crippen LogP contribution in [0, 0.1) is 0 Å². The summed E-state index contributed by atoms with van der Waals surface area (Å²) in [5.74, 6) is 1.39. The van der Waals surface area contributed by atoms with E-state index in [1.165, 1.54) is 0 Å². The Morgan fingerprint density at radius 2 is 2.17 bits per heavy atom. The molecule has 0 saturated heterocycles. The van der Waals surface area contributed by atoms with Crippen LogP contribution in [0.2, 0.25) is 5.02 Å². The Balaban J connectivity index is 1.95. The highest BCUT2D eigenvalue weighted by molar-refractivity contribution is 6.32. The summed E-state index contributed by atoms with van der Waals surface area (Å²) in [6, 6.07) is 5.87. The van der Waals surface area contributed by atoms with Crippen molar-refractivity contribution in [2.75, 3.05) is 11.4 Å². The van der Waals surface area contributed by atoms with Crippen LogP contribution >= 0.6 is 23.2 Å². The van der Waals surface area contributed by atoms with Gasteiger partial charge in [0, 0.05) is 29.4 Å². The van der Waals surface area contributed by atoms with E-state index in [1.807, 2.05) is 12.1 Å². The molecule has 0 fully saturated rings. The van der Waals surface area contributed by atoms with Gasteiger partial charge in [0.15, 0.2) is 5.82 Å². The molecule has 0 unspecified atom stereocenters. The summed E-state index contributed by atoms with van der Waals surface area (Å²) in [6.45, 7) is 2.54. The molecule has 0 N–H and O–H groups in total. The Labute approximate surface area is 115 Å². The van der Waals surface area contributed by atoms with Gasteiger partial charge in [-0.05, 0) is 12.1 Å². The molecule has 0 radical (unpaired) electrons. The number of fused-ring (bicyclic) bond motifs is 1. The van der Waals surface area contributed by atoms with Gasteiger partial charge in [0.05, 0.1) is 12.4 Å². The van der Waals surface area contributed by atoms with Crippen molar-refractivity contribution in [1.29, 1.82) is 0 Å². The molecule has 18 heavy (non-hydrogen) atoms. The first-order chi connectivity index (χ1) is 8.79. The molecule has 0 atom stereocenters. The number of anilines is 1. The number of benzene rings is 1. The molecule has 0 aliphatic carbocycles. The Morgan fingerprint density at radius 1 is 1.28 bits per heavy atom. The molecule has 6 heteroatoms. The summed E-state index contributed by atoms with van der Waals surface area (Å²) in [4.78, 5) is 2.24. The third-order valence-corrected chi connectivity index (χ3v) is 3.83. The highest BCUT2D eigenvalue weighted by Crippen LogP contribution is 2.30. The molecule has 3 rings (SSSR count). The first-order valence-electron chi connectivity index (χ1n) is 5.74. The molecule has 0 spiro atoms. The topological polar surface area (TPSA) is 34.0 Å². The maximum atomic E-state index is 6.18. The fourth-order valence-electron chi connectivity index (χ4n) is 2.25. The molecule has 94 valence electrons. The van der Waals surface area contributed by atoms with Gasteiger partial charge in [-0.2, -0.15) is 0 Å². The number of nitrogens with zero attached hydrogens (tertiary/aromatic N) is 4. The fraction of sp³-hybridized carbons (Fsp3) is 0.333. The number of alkyl halides is 1. The fourth-order valence-corrected chi connectivity index (χ4v) is 2.83. The molecule has 2 heterocycles. The van der Waals surface area contributed by atoms with E-state index in [-0.39, 0.29) is 0 Å². The summed E-state index contributed by atoms with van der Waals surface area (Å²) < 4.78 is 2.07. The standard InChI is InChI=1S/C12H12Cl2N4/c13-6-9-10(14)2-1-3-11(9)17-4-5-18-8-15-16-12(18)7-17/h1-3,8H,4-7H2. The van der Waals surface area contributed by atoms with Crippen LogP contribution in [0.1, 0.15) is 11.4 Å². The zero-order valence-corrected chi connectivity index (χ0v) is 11.2. The molecule has 0 amide bonds. The van der Waals surface area contributed by atoms with Gasteiger partial charge >= 0.3 is 0 Å². The number of rotatable bonds is 2. The van der Waals surface area contributed by atoms with Crippen LogP contribution in [-0.4, -0.2) is 21.3 Å². The summed E-state index contributed by atoms with van der Waals surface area (Å²) in [7, 11) is 0. The molecule has 1 aliphatic heterocycles. The van der Waals surface area contributed by atoms with Gasteiger partial charge in [0.1, 0.15) is 6.33 Å². The van der Waals surface area contributed by atoms with E-state index in [2.05, 4.69) is 25.7 Å². The van der Waals surface area contributed by atoms with Crippen LogP contribution in [0.15, 0.2) is 24.5 Å². The quantitative estimate of drug-likeness (QED) is 0.795. The highest BCUT2D eigenvalue weighted by Gasteiger charge is 2.20. The van der Waals surface area contributed by atoms with Gasteiger partial charge in [-0.15, -0.1) is 21.8 Å². The van der Waals surface area contributed by atoms with E-state index >= 15 is 0 Å². The van der Waals surface area contributed by atoms with Crippen molar-refractivity contribution in [3.63, 3.8) is 0 Å². The number of hydrogen-bond acceptors (Lipinski definition) is 3. The Morgan fingerprint density at radius 3 is 3.00 bits per heavy atom. The summed E-state index contributed by atoms with van der Waals surface area (Å²) in [6.07, 6.45) is 1.77. The average molecular weight is 283 g/mol. The van der Waals surface area contributed by atoms with Crippen LogP contribution in [0.3, 0.4) is 0 Å². The lowest BCUT2D eigenvalue weighted by Gasteiger charge is -2.30. The second-order valence-electron chi connectivity index (χ2n) is 4.23. The van der Waals surface area contributed by atoms with E-state index < -0.39 is 0 Å². The van der Waals surface area contributed by atoms with Crippen molar-refractivity contribution >= 4 is 28.9 Å². The van der Waals surface area contributed by atoms with Crippen LogP contribution in [0.4, 0.5) is 5.69 Å². The molecule has 2 aromatic rings. The molecule has 0 saturated carbocycles. The lowest BCUT2D eigenvalue weighted by atomic mass is 10.1. The van der Waals surface area contributed by atoms with Crippen LogP contribution in [0.5, 0.6) is 0 Å². The highest BCUT2D eigenvalue weighted by atomic mass is 35.5. The van der Waals surface area contributed by atoms with Crippen LogP contribution in [-0.2, 0) is 19.0 Å². The van der Waals surface area contributed by atoms with Crippen molar-refractivity contribution in [1.82, 2.24) is 14.8 Å².